The molecule has 0 bridgehead atoms. The fraction of sp³-hybridized carbons (Fsp3) is 0.200. The van der Waals surface area contributed by atoms with Crippen molar-refractivity contribution in [3.63, 3.8) is 0 Å². The fourth-order valence-electron chi connectivity index (χ4n) is 1.13. The number of amides is 1. The molecule has 0 aliphatic heterocycles. The van der Waals surface area contributed by atoms with Crippen LogP contribution in [0.3, 0.4) is 0 Å². The van der Waals surface area contributed by atoms with Gasteiger partial charge in [-0.2, -0.15) is 0 Å². The smallest absolute Gasteiger partial charge is 0.313 e. The van der Waals surface area contributed by atoms with Gasteiger partial charge in [-0.3, -0.25) is 9.59 Å². The van der Waals surface area contributed by atoms with E-state index < -0.39 is 17.1 Å². The SMILES string of the molecule is NC(=O)[C@H](SCC(=O)O)c1ccc(Br)cc1. The number of nitrogens with two attached hydrogens (primary N) is 1. The van der Waals surface area contributed by atoms with Gasteiger partial charge in [0.25, 0.3) is 0 Å². The normalized spacial score (nSPS) is 12.1. The minimum Gasteiger partial charge on any atom is -0.481 e. The summed E-state index contributed by atoms with van der Waals surface area (Å²) in [7, 11) is 0. The van der Waals surface area contributed by atoms with Gasteiger partial charge in [0.1, 0.15) is 5.25 Å². The van der Waals surface area contributed by atoms with E-state index in [4.69, 9.17) is 10.8 Å². The molecule has 0 saturated carbocycles. The number of primary amides is 1. The second kappa shape index (κ2) is 5.91. The van der Waals surface area contributed by atoms with Crippen molar-refractivity contribution in [3.05, 3.63) is 34.3 Å². The van der Waals surface area contributed by atoms with Crippen LogP contribution in [0.2, 0.25) is 0 Å². The number of hydrogen-bond donors (Lipinski definition) is 2. The summed E-state index contributed by atoms with van der Waals surface area (Å²) in [6.07, 6.45) is 0. The zero-order valence-corrected chi connectivity index (χ0v) is 10.6. The van der Waals surface area contributed by atoms with Crippen molar-refractivity contribution in [3.8, 4) is 0 Å². The minimum absolute atomic E-state index is 0.149. The third-order valence-corrected chi connectivity index (χ3v) is 3.58. The number of hydrogen-bond acceptors (Lipinski definition) is 3. The third kappa shape index (κ3) is 3.86. The first-order valence-electron chi connectivity index (χ1n) is 4.39. The van der Waals surface area contributed by atoms with Gasteiger partial charge >= 0.3 is 5.97 Å². The molecule has 86 valence electrons. The summed E-state index contributed by atoms with van der Waals surface area (Å²) in [6, 6.07) is 7.06. The third-order valence-electron chi connectivity index (χ3n) is 1.80. The molecule has 0 aromatic heterocycles. The van der Waals surface area contributed by atoms with Crippen LogP contribution in [0.1, 0.15) is 10.8 Å². The van der Waals surface area contributed by atoms with E-state index in [-0.39, 0.29) is 5.75 Å². The lowest BCUT2D eigenvalue weighted by molar-refractivity contribution is -0.133. The van der Waals surface area contributed by atoms with E-state index in [9.17, 15) is 9.59 Å². The molecule has 1 rings (SSSR count). The van der Waals surface area contributed by atoms with E-state index in [0.717, 1.165) is 16.2 Å². The van der Waals surface area contributed by atoms with Crippen molar-refractivity contribution in [1.29, 1.82) is 0 Å². The molecule has 1 amide bonds. The van der Waals surface area contributed by atoms with Crippen LogP contribution in [0.15, 0.2) is 28.7 Å². The van der Waals surface area contributed by atoms with Crippen molar-refractivity contribution in [1.82, 2.24) is 0 Å². The zero-order valence-electron chi connectivity index (χ0n) is 8.22. The first-order valence-corrected chi connectivity index (χ1v) is 6.23. The largest absolute Gasteiger partial charge is 0.481 e. The molecule has 0 spiro atoms. The Bertz CT molecular complexity index is 394. The lowest BCUT2D eigenvalue weighted by Crippen LogP contribution is -2.20. The molecule has 0 radical (unpaired) electrons. The van der Waals surface area contributed by atoms with Crippen LogP contribution in [0.4, 0.5) is 0 Å². The van der Waals surface area contributed by atoms with E-state index in [0.29, 0.717) is 5.56 Å². The van der Waals surface area contributed by atoms with Gasteiger partial charge in [-0.1, -0.05) is 28.1 Å². The number of rotatable bonds is 5. The molecule has 0 unspecified atom stereocenters. The Balaban J connectivity index is 2.81. The highest BCUT2D eigenvalue weighted by molar-refractivity contribution is 9.10. The van der Waals surface area contributed by atoms with Crippen molar-refractivity contribution in [2.75, 3.05) is 5.75 Å². The highest BCUT2D eigenvalue weighted by Crippen LogP contribution is 2.29. The predicted molar refractivity (Wildman–Crippen MR) is 66.2 cm³/mol. The van der Waals surface area contributed by atoms with Gasteiger partial charge in [0.15, 0.2) is 0 Å². The zero-order chi connectivity index (χ0) is 12.1. The van der Waals surface area contributed by atoms with Gasteiger partial charge in [0.05, 0.1) is 5.75 Å². The molecule has 4 nitrogen and oxygen atoms in total. The number of carbonyl (C=O) groups excluding carboxylic acids is 1. The van der Waals surface area contributed by atoms with E-state index in [1.165, 1.54) is 0 Å². The molecule has 0 saturated heterocycles. The van der Waals surface area contributed by atoms with Crippen LogP contribution in [0.5, 0.6) is 0 Å². The van der Waals surface area contributed by atoms with Gasteiger partial charge in [0.2, 0.25) is 5.91 Å². The van der Waals surface area contributed by atoms with Crippen LogP contribution in [0, 0.1) is 0 Å². The van der Waals surface area contributed by atoms with E-state index in [1.807, 2.05) is 0 Å². The van der Waals surface area contributed by atoms with Gasteiger partial charge in [-0.05, 0) is 17.7 Å². The molecule has 1 aromatic carbocycles. The lowest BCUT2D eigenvalue weighted by atomic mass is 10.1. The number of aliphatic carboxylic acids is 1. The quantitative estimate of drug-likeness (QED) is 0.869. The predicted octanol–water partition coefficient (Wildman–Crippen LogP) is 1.79. The Kier molecular flexibility index (Phi) is 4.82. The maximum Gasteiger partial charge on any atom is 0.313 e. The Morgan fingerprint density at radius 1 is 1.38 bits per heavy atom. The molecular formula is C10H10BrNO3S. The summed E-state index contributed by atoms with van der Waals surface area (Å²) in [5.41, 5.74) is 5.94. The van der Waals surface area contributed by atoms with Crippen molar-refractivity contribution in [2.24, 2.45) is 5.73 Å². The van der Waals surface area contributed by atoms with Crippen molar-refractivity contribution in [2.45, 2.75) is 5.25 Å². The Morgan fingerprint density at radius 2 is 1.94 bits per heavy atom. The van der Waals surface area contributed by atoms with Crippen molar-refractivity contribution < 1.29 is 14.7 Å². The standard InChI is InChI=1S/C10H10BrNO3S/c11-7-3-1-6(2-4-7)9(10(12)15)16-5-8(13)14/h1-4,9H,5H2,(H2,12,15)(H,13,14)/t9-/m1/s1. The molecule has 0 fully saturated rings. The maximum absolute atomic E-state index is 11.2. The van der Waals surface area contributed by atoms with Crippen molar-refractivity contribution >= 4 is 39.6 Å². The van der Waals surface area contributed by atoms with E-state index in [2.05, 4.69) is 15.9 Å². The summed E-state index contributed by atoms with van der Waals surface area (Å²) in [5.74, 6) is -1.65. The van der Waals surface area contributed by atoms with E-state index in [1.54, 1.807) is 24.3 Å². The van der Waals surface area contributed by atoms with Crippen LogP contribution in [-0.2, 0) is 9.59 Å². The molecule has 0 aliphatic rings. The lowest BCUT2D eigenvalue weighted by Gasteiger charge is -2.12. The number of benzene rings is 1. The molecule has 16 heavy (non-hydrogen) atoms. The van der Waals surface area contributed by atoms with Gasteiger partial charge in [-0.15, -0.1) is 11.8 Å². The monoisotopic (exact) mass is 303 g/mol. The summed E-state index contributed by atoms with van der Waals surface area (Å²) >= 11 is 4.28. The number of carbonyl (C=O) groups is 2. The summed E-state index contributed by atoms with van der Waals surface area (Å²) in [6.45, 7) is 0. The molecule has 6 heteroatoms. The number of thioether (sulfide) groups is 1. The second-order valence-electron chi connectivity index (χ2n) is 3.04. The molecule has 0 heterocycles. The van der Waals surface area contributed by atoms with E-state index >= 15 is 0 Å². The maximum atomic E-state index is 11.2. The Morgan fingerprint density at radius 3 is 2.38 bits per heavy atom. The van der Waals surface area contributed by atoms with Gasteiger partial charge in [0, 0.05) is 4.47 Å². The summed E-state index contributed by atoms with van der Waals surface area (Å²) in [4.78, 5) is 21.6. The molecule has 1 aromatic rings. The molecule has 1 atom stereocenters. The molecule has 0 aliphatic carbocycles. The second-order valence-corrected chi connectivity index (χ2v) is 5.05. The minimum atomic E-state index is -0.964. The van der Waals surface area contributed by atoms with Gasteiger partial charge < -0.3 is 10.8 Å². The number of carboxylic acids is 1. The van der Waals surface area contributed by atoms with Crippen LogP contribution in [0.25, 0.3) is 0 Å². The first-order chi connectivity index (χ1) is 7.50. The summed E-state index contributed by atoms with van der Waals surface area (Å²) in [5, 5.41) is 7.93. The average molecular weight is 304 g/mol. The Hall–Kier alpha value is -1.01. The van der Waals surface area contributed by atoms with Crippen LogP contribution in [-0.4, -0.2) is 22.7 Å². The Labute approximate surface area is 105 Å². The molecule has 3 N–H and O–H groups in total. The van der Waals surface area contributed by atoms with Gasteiger partial charge in [-0.25, -0.2) is 0 Å². The first kappa shape index (κ1) is 13.1. The van der Waals surface area contributed by atoms with Crippen LogP contribution < -0.4 is 5.73 Å². The number of halogens is 1. The topological polar surface area (TPSA) is 80.4 Å². The number of carboxylic acid groups (broad SMARTS) is 1. The van der Waals surface area contributed by atoms with Crippen LogP contribution >= 0.6 is 27.7 Å². The molecular weight excluding hydrogens is 294 g/mol. The fourth-order valence-corrected chi connectivity index (χ4v) is 2.22. The highest BCUT2D eigenvalue weighted by Gasteiger charge is 2.19. The highest BCUT2D eigenvalue weighted by atomic mass is 79.9. The average Bonchev–Trinajstić information content (AvgIpc) is 2.20. The summed E-state index contributed by atoms with van der Waals surface area (Å²) < 4.78 is 0.891.